The van der Waals surface area contributed by atoms with Crippen molar-refractivity contribution in [2.45, 2.75) is 56.4 Å². The van der Waals surface area contributed by atoms with Crippen LogP contribution in [0.1, 0.15) is 37.3 Å². The van der Waals surface area contributed by atoms with Gasteiger partial charge in [0.15, 0.2) is 11.5 Å². The largest absolute Gasteiger partial charge is 0.492 e. The van der Waals surface area contributed by atoms with Crippen LogP contribution < -0.4 is 14.2 Å². The number of aliphatic hydroxyl groups is 1. The number of benzene rings is 1. The molecule has 0 spiro atoms. The molecule has 1 aromatic carbocycles. The third kappa shape index (κ3) is 1.93. The molecular weight excluding hydrogens is 338 g/mol. The van der Waals surface area contributed by atoms with Crippen molar-refractivity contribution in [2.75, 3.05) is 20.4 Å². The first kappa shape index (κ1) is 16.2. The molecule has 4 aliphatic rings. The number of fused-ring (bicyclic) bond motifs is 2. The van der Waals surface area contributed by atoms with Gasteiger partial charge in [0.2, 0.25) is 12.5 Å². The second kappa shape index (κ2) is 5.50. The predicted octanol–water partition coefficient (Wildman–Crippen LogP) is 1.34. The molecular formula is C19H23NO6. The topological polar surface area (TPSA) is 77.5 Å². The molecule has 2 fully saturated rings. The van der Waals surface area contributed by atoms with Gasteiger partial charge in [-0.15, -0.1) is 0 Å². The maximum Gasteiger partial charge on any atom is 0.303 e. The lowest BCUT2D eigenvalue weighted by molar-refractivity contribution is -0.166. The van der Waals surface area contributed by atoms with Gasteiger partial charge in [-0.3, -0.25) is 9.69 Å². The van der Waals surface area contributed by atoms with E-state index in [1.54, 1.807) is 7.11 Å². The number of hydrogen-bond acceptors (Lipinski definition) is 7. The Morgan fingerprint density at radius 3 is 3.00 bits per heavy atom. The number of ether oxygens (including phenoxy) is 4. The van der Waals surface area contributed by atoms with Gasteiger partial charge in [-0.1, -0.05) is 0 Å². The van der Waals surface area contributed by atoms with Crippen LogP contribution in [0.5, 0.6) is 17.2 Å². The zero-order valence-electron chi connectivity index (χ0n) is 15.0. The van der Waals surface area contributed by atoms with E-state index in [0.29, 0.717) is 23.7 Å². The van der Waals surface area contributed by atoms with Crippen LogP contribution in [0.25, 0.3) is 0 Å². The zero-order valence-corrected chi connectivity index (χ0v) is 15.0. The highest BCUT2D eigenvalue weighted by Crippen LogP contribution is 2.59. The fourth-order valence-electron chi connectivity index (χ4n) is 5.63. The highest BCUT2D eigenvalue weighted by atomic mass is 16.7. The lowest BCUT2D eigenvalue weighted by atomic mass is 9.61. The summed E-state index contributed by atoms with van der Waals surface area (Å²) in [5, 5.41) is 10.7. The summed E-state index contributed by atoms with van der Waals surface area (Å²) in [7, 11) is 1.64. The third-order valence-corrected chi connectivity index (χ3v) is 6.52. The van der Waals surface area contributed by atoms with Crippen LogP contribution >= 0.6 is 0 Å². The van der Waals surface area contributed by atoms with Gasteiger partial charge in [0.05, 0.1) is 18.6 Å². The minimum absolute atomic E-state index is 0.171. The highest BCUT2D eigenvalue weighted by Gasteiger charge is 2.62. The number of hydrogen-bond donors (Lipinski definition) is 1. The fraction of sp³-hybridized carbons (Fsp3) is 0.632. The van der Waals surface area contributed by atoms with Crippen molar-refractivity contribution in [3.05, 3.63) is 17.2 Å². The molecule has 1 N–H and O–H groups in total. The van der Waals surface area contributed by atoms with Gasteiger partial charge in [-0.25, -0.2) is 0 Å². The molecule has 1 saturated carbocycles. The van der Waals surface area contributed by atoms with Gasteiger partial charge >= 0.3 is 5.97 Å². The van der Waals surface area contributed by atoms with Crippen LogP contribution in [0.3, 0.4) is 0 Å². The van der Waals surface area contributed by atoms with Crippen molar-refractivity contribution >= 4 is 5.97 Å². The van der Waals surface area contributed by atoms with Crippen LogP contribution in [0.15, 0.2) is 6.07 Å². The van der Waals surface area contributed by atoms with Crippen LogP contribution in [0.4, 0.5) is 0 Å². The van der Waals surface area contributed by atoms with Crippen LogP contribution in [0, 0.1) is 0 Å². The van der Waals surface area contributed by atoms with Crippen molar-refractivity contribution in [1.29, 1.82) is 0 Å². The molecule has 26 heavy (non-hydrogen) atoms. The number of nitrogens with zero attached hydrogens (tertiary/aromatic N) is 1. The van der Waals surface area contributed by atoms with E-state index < -0.39 is 17.6 Å². The molecule has 3 heterocycles. The Kier molecular flexibility index (Phi) is 3.43. The van der Waals surface area contributed by atoms with Gasteiger partial charge in [0.1, 0.15) is 6.10 Å². The molecule has 7 heteroatoms. The third-order valence-electron chi connectivity index (χ3n) is 6.52. The first-order valence-electron chi connectivity index (χ1n) is 9.15. The molecule has 5 atom stereocenters. The van der Waals surface area contributed by atoms with E-state index in [1.165, 1.54) is 6.92 Å². The molecule has 1 unspecified atom stereocenters. The minimum Gasteiger partial charge on any atom is -0.492 e. The smallest absolute Gasteiger partial charge is 0.303 e. The van der Waals surface area contributed by atoms with Crippen molar-refractivity contribution in [3.63, 3.8) is 0 Å². The number of esters is 1. The maximum atomic E-state index is 11.8. The number of rotatable bonds is 2. The van der Waals surface area contributed by atoms with Crippen LogP contribution in [-0.2, 0) is 21.5 Å². The van der Waals surface area contributed by atoms with Crippen molar-refractivity contribution in [1.82, 2.24) is 4.90 Å². The lowest BCUT2D eigenvalue weighted by Gasteiger charge is -2.52. The Bertz CT molecular complexity index is 780. The predicted molar refractivity (Wildman–Crippen MR) is 90.4 cm³/mol. The summed E-state index contributed by atoms with van der Waals surface area (Å²) in [5.74, 6) is 1.64. The second-order valence-electron chi connectivity index (χ2n) is 7.62. The zero-order chi connectivity index (χ0) is 18.1. The van der Waals surface area contributed by atoms with Crippen LogP contribution in [0.2, 0.25) is 0 Å². The Hall–Kier alpha value is -1.99. The Labute approximate surface area is 151 Å². The molecule has 3 aliphatic heterocycles. The monoisotopic (exact) mass is 361 g/mol. The molecule has 140 valence electrons. The second-order valence-corrected chi connectivity index (χ2v) is 7.62. The molecule has 1 aliphatic carbocycles. The number of methoxy groups -OCH3 is 1. The number of carbonyl (C=O) groups excluding carboxylic acids is 1. The Morgan fingerprint density at radius 1 is 1.38 bits per heavy atom. The first-order valence-corrected chi connectivity index (χ1v) is 9.15. The summed E-state index contributed by atoms with van der Waals surface area (Å²) in [4.78, 5) is 14.2. The number of carbonyl (C=O) groups is 1. The van der Waals surface area contributed by atoms with Gasteiger partial charge in [0.25, 0.3) is 0 Å². The van der Waals surface area contributed by atoms with E-state index in [1.807, 2.05) is 6.07 Å². The molecule has 7 nitrogen and oxygen atoms in total. The summed E-state index contributed by atoms with van der Waals surface area (Å²) in [6.07, 6.45) is 1.13. The molecule has 5 rings (SSSR count). The maximum absolute atomic E-state index is 11.8. The van der Waals surface area contributed by atoms with Gasteiger partial charge in [-0.2, -0.15) is 0 Å². The summed E-state index contributed by atoms with van der Waals surface area (Å²) in [6.45, 7) is 3.25. The van der Waals surface area contributed by atoms with Gasteiger partial charge in [0, 0.05) is 25.1 Å². The average molecular weight is 361 g/mol. The number of aliphatic hydroxyl groups excluding tert-OH is 1. The molecule has 0 radical (unpaired) electrons. The normalized spacial score (nSPS) is 36.3. The quantitative estimate of drug-likeness (QED) is 0.797. The molecule has 0 amide bonds. The van der Waals surface area contributed by atoms with E-state index >= 15 is 0 Å². The molecule has 1 aromatic rings. The van der Waals surface area contributed by atoms with E-state index in [-0.39, 0.29) is 18.8 Å². The Morgan fingerprint density at radius 2 is 2.23 bits per heavy atom. The Balaban J connectivity index is 1.74. The summed E-state index contributed by atoms with van der Waals surface area (Å²) < 4.78 is 22.7. The summed E-state index contributed by atoms with van der Waals surface area (Å²) in [5.41, 5.74) is 1.68. The van der Waals surface area contributed by atoms with E-state index in [9.17, 15) is 9.90 Å². The van der Waals surface area contributed by atoms with Crippen molar-refractivity contribution in [2.24, 2.45) is 0 Å². The SMILES string of the molecule is COc1c2c(cc3c1OCO3)[C@@]13CCN(C2)[C@@H]1CC[C@H](O)[C@@H]3OC(C)=O. The summed E-state index contributed by atoms with van der Waals surface area (Å²) >= 11 is 0. The summed E-state index contributed by atoms with van der Waals surface area (Å²) in [6, 6.07) is 2.26. The average Bonchev–Trinajstić information content (AvgIpc) is 3.18. The minimum atomic E-state index is -0.669. The van der Waals surface area contributed by atoms with E-state index in [4.69, 9.17) is 18.9 Å². The highest BCUT2D eigenvalue weighted by molar-refractivity contribution is 5.67. The van der Waals surface area contributed by atoms with E-state index in [2.05, 4.69) is 4.90 Å². The van der Waals surface area contributed by atoms with Crippen molar-refractivity contribution < 1.29 is 28.8 Å². The molecule has 0 aromatic heterocycles. The molecule has 1 saturated heterocycles. The van der Waals surface area contributed by atoms with Crippen LogP contribution in [-0.4, -0.2) is 54.7 Å². The standard InChI is InChI=1S/C19H23NO6/c1-10(21)26-18-13(22)3-4-15-19(18)5-6-20(15)8-11-12(19)7-14-17(16(11)23-2)25-9-24-14/h7,13,15,18,22H,3-6,8-9H2,1-2H3/t13-,15+,18-,19-/m0/s1. The van der Waals surface area contributed by atoms with Crippen molar-refractivity contribution in [3.8, 4) is 17.2 Å². The van der Waals surface area contributed by atoms with Gasteiger partial charge in [-0.05, 0) is 37.4 Å². The fourth-order valence-corrected chi connectivity index (χ4v) is 5.63. The molecule has 2 bridgehead atoms. The first-order chi connectivity index (χ1) is 12.6. The van der Waals surface area contributed by atoms with Gasteiger partial charge < -0.3 is 24.1 Å². The lowest BCUT2D eigenvalue weighted by Crippen LogP contribution is -2.61. The van der Waals surface area contributed by atoms with E-state index in [0.717, 1.165) is 37.1 Å².